The Hall–Kier alpha value is -3.96. The molecule has 39 heavy (non-hydrogen) atoms. The zero-order valence-corrected chi connectivity index (χ0v) is 22.6. The molecule has 0 aliphatic heterocycles. The lowest BCUT2D eigenvalue weighted by molar-refractivity contribution is 0.0283. The number of nitrogens with two attached hydrogens (primary N) is 1. The maximum atomic E-state index is 13.0. The number of hydrogen-bond donors (Lipinski definition) is 3. The van der Waals surface area contributed by atoms with E-state index in [0.717, 1.165) is 18.4 Å². The van der Waals surface area contributed by atoms with Crippen LogP contribution in [0.3, 0.4) is 0 Å². The minimum absolute atomic E-state index is 0.00684. The highest BCUT2D eigenvalue weighted by atomic mass is 32.1. The molecule has 1 aliphatic carbocycles. The molecule has 1 aromatic carbocycles. The van der Waals surface area contributed by atoms with Crippen molar-refractivity contribution in [1.29, 1.82) is 0 Å². The smallest absolute Gasteiger partial charge is 0.264 e. The van der Waals surface area contributed by atoms with E-state index in [2.05, 4.69) is 15.4 Å². The van der Waals surface area contributed by atoms with E-state index < -0.39 is 11.5 Å². The maximum absolute atomic E-state index is 13.0. The van der Waals surface area contributed by atoms with Crippen LogP contribution in [0, 0.1) is 0 Å². The summed E-state index contributed by atoms with van der Waals surface area (Å²) in [6.07, 6.45) is 5.97. The van der Waals surface area contributed by atoms with Crippen LogP contribution >= 0.6 is 11.3 Å². The molecule has 0 radical (unpaired) electrons. The second-order valence-corrected chi connectivity index (χ2v) is 11.3. The second kappa shape index (κ2) is 11.0. The van der Waals surface area contributed by atoms with Gasteiger partial charge >= 0.3 is 0 Å². The van der Waals surface area contributed by atoms with Gasteiger partial charge in [-0.25, -0.2) is 9.50 Å². The third kappa shape index (κ3) is 6.37. The summed E-state index contributed by atoms with van der Waals surface area (Å²) in [5.74, 6) is 0.0714. The largest absolute Gasteiger partial charge is 0.489 e. The SMILES string of the molecule is CC(C)(O)COc1ccc2c(C(=O)NC3CCC(Oc4nc(-c5ccccc5)sc4C(N)=O)CC3)cnn2c1. The average Bonchev–Trinajstić information content (AvgIpc) is 3.53. The number of nitrogens with one attached hydrogen (secondary N) is 1. The minimum Gasteiger partial charge on any atom is -0.489 e. The summed E-state index contributed by atoms with van der Waals surface area (Å²) in [6, 6.07) is 13.1. The Bertz CT molecular complexity index is 1470. The Balaban J connectivity index is 1.18. The number of hydrogen-bond acceptors (Lipinski definition) is 8. The predicted molar refractivity (Wildman–Crippen MR) is 147 cm³/mol. The van der Waals surface area contributed by atoms with Crippen molar-refractivity contribution in [2.75, 3.05) is 6.61 Å². The number of pyridine rings is 1. The number of carbonyl (C=O) groups excluding carboxylic acids is 2. The van der Waals surface area contributed by atoms with Gasteiger partial charge in [0.15, 0.2) is 4.88 Å². The first-order valence-electron chi connectivity index (χ1n) is 12.8. The lowest BCUT2D eigenvalue weighted by Crippen LogP contribution is -2.39. The Morgan fingerprint density at radius 2 is 1.90 bits per heavy atom. The molecule has 1 aliphatic rings. The number of ether oxygens (including phenoxy) is 2. The van der Waals surface area contributed by atoms with E-state index in [1.54, 1.807) is 36.7 Å². The van der Waals surface area contributed by atoms with E-state index in [-0.39, 0.29) is 30.5 Å². The number of fused-ring (bicyclic) bond motifs is 1. The zero-order chi connectivity index (χ0) is 27.6. The first-order chi connectivity index (χ1) is 18.7. The first kappa shape index (κ1) is 26.6. The fourth-order valence-electron chi connectivity index (χ4n) is 4.48. The molecule has 3 heterocycles. The highest BCUT2D eigenvalue weighted by molar-refractivity contribution is 7.17. The van der Waals surface area contributed by atoms with Gasteiger partial charge in [0.2, 0.25) is 5.88 Å². The summed E-state index contributed by atoms with van der Waals surface area (Å²) in [7, 11) is 0. The quantitative estimate of drug-likeness (QED) is 0.288. The number of aromatic nitrogens is 3. The van der Waals surface area contributed by atoms with E-state index in [0.29, 0.717) is 39.6 Å². The summed E-state index contributed by atoms with van der Waals surface area (Å²) in [6.45, 7) is 3.47. The van der Waals surface area contributed by atoms with Gasteiger partial charge in [-0.1, -0.05) is 30.3 Å². The Morgan fingerprint density at radius 1 is 1.15 bits per heavy atom. The normalized spacial score (nSPS) is 17.6. The summed E-state index contributed by atoms with van der Waals surface area (Å²) < 4.78 is 13.3. The van der Waals surface area contributed by atoms with Crippen molar-refractivity contribution in [3.63, 3.8) is 0 Å². The molecule has 3 aromatic heterocycles. The molecule has 10 nitrogen and oxygen atoms in total. The molecule has 0 saturated heterocycles. The van der Waals surface area contributed by atoms with Gasteiger partial charge in [0.25, 0.3) is 11.8 Å². The fraction of sp³-hybridized carbons (Fsp3) is 0.357. The second-order valence-electron chi connectivity index (χ2n) is 10.3. The molecule has 0 spiro atoms. The minimum atomic E-state index is -0.955. The number of benzene rings is 1. The monoisotopic (exact) mass is 549 g/mol. The van der Waals surface area contributed by atoms with Crippen LogP contribution in [0.25, 0.3) is 16.1 Å². The number of amides is 2. The van der Waals surface area contributed by atoms with Crippen LogP contribution in [0.15, 0.2) is 54.9 Å². The topological polar surface area (TPSA) is 141 Å². The summed E-state index contributed by atoms with van der Waals surface area (Å²) in [5, 5.41) is 18.0. The number of nitrogens with zero attached hydrogens (tertiary/aromatic N) is 3. The van der Waals surface area contributed by atoms with Crippen molar-refractivity contribution in [3.8, 4) is 22.2 Å². The molecule has 2 amide bonds. The summed E-state index contributed by atoms with van der Waals surface area (Å²) in [4.78, 5) is 29.9. The van der Waals surface area contributed by atoms with Crippen LogP contribution in [0.2, 0.25) is 0 Å². The predicted octanol–water partition coefficient (Wildman–Crippen LogP) is 3.83. The van der Waals surface area contributed by atoms with Crippen molar-refractivity contribution in [2.45, 2.75) is 57.3 Å². The van der Waals surface area contributed by atoms with Gasteiger partial charge in [0, 0.05) is 11.6 Å². The molecule has 4 N–H and O–H groups in total. The molecule has 11 heteroatoms. The highest BCUT2D eigenvalue weighted by Crippen LogP contribution is 2.34. The molecule has 1 fully saturated rings. The molecule has 204 valence electrons. The maximum Gasteiger partial charge on any atom is 0.264 e. The van der Waals surface area contributed by atoms with Gasteiger partial charge in [-0.15, -0.1) is 11.3 Å². The molecule has 0 atom stereocenters. The van der Waals surface area contributed by atoms with Crippen LogP contribution in [-0.4, -0.2) is 55.9 Å². The highest BCUT2D eigenvalue weighted by Gasteiger charge is 2.28. The third-order valence-corrected chi connectivity index (χ3v) is 7.55. The van der Waals surface area contributed by atoms with Crippen LogP contribution in [0.5, 0.6) is 11.6 Å². The lowest BCUT2D eigenvalue weighted by Gasteiger charge is -2.29. The van der Waals surface area contributed by atoms with Crippen LogP contribution < -0.4 is 20.5 Å². The lowest BCUT2D eigenvalue weighted by atomic mass is 9.92. The van der Waals surface area contributed by atoms with Crippen molar-refractivity contribution in [3.05, 3.63) is 65.3 Å². The Morgan fingerprint density at radius 3 is 2.59 bits per heavy atom. The molecular weight excluding hydrogens is 518 g/mol. The van der Waals surface area contributed by atoms with E-state index in [9.17, 15) is 14.7 Å². The number of aliphatic hydroxyl groups is 1. The molecular formula is C28H31N5O5S. The van der Waals surface area contributed by atoms with Gasteiger partial charge in [-0.3, -0.25) is 9.59 Å². The third-order valence-electron chi connectivity index (χ3n) is 6.45. The Kier molecular flexibility index (Phi) is 7.53. The molecule has 1 saturated carbocycles. The number of carbonyl (C=O) groups is 2. The zero-order valence-electron chi connectivity index (χ0n) is 21.8. The van der Waals surface area contributed by atoms with E-state index in [4.69, 9.17) is 15.2 Å². The summed E-state index contributed by atoms with van der Waals surface area (Å²) >= 11 is 1.23. The molecule has 0 unspecified atom stereocenters. The molecule has 4 aromatic rings. The van der Waals surface area contributed by atoms with Gasteiger partial charge in [-0.05, 0) is 51.7 Å². The van der Waals surface area contributed by atoms with Crippen molar-refractivity contribution in [2.24, 2.45) is 5.73 Å². The number of primary amides is 1. The fourth-order valence-corrected chi connectivity index (χ4v) is 5.34. The van der Waals surface area contributed by atoms with E-state index >= 15 is 0 Å². The van der Waals surface area contributed by atoms with Gasteiger partial charge in [0.1, 0.15) is 23.5 Å². The van der Waals surface area contributed by atoms with Crippen LogP contribution in [0.4, 0.5) is 0 Å². The van der Waals surface area contributed by atoms with E-state index in [1.807, 2.05) is 30.3 Å². The van der Waals surface area contributed by atoms with Crippen molar-refractivity contribution >= 4 is 28.7 Å². The average molecular weight is 550 g/mol. The first-order valence-corrected chi connectivity index (χ1v) is 13.6. The van der Waals surface area contributed by atoms with Gasteiger partial charge in [-0.2, -0.15) is 5.10 Å². The Labute approximate surface area is 229 Å². The van der Waals surface area contributed by atoms with E-state index in [1.165, 1.54) is 17.5 Å². The van der Waals surface area contributed by atoms with Crippen LogP contribution in [-0.2, 0) is 0 Å². The van der Waals surface area contributed by atoms with Crippen molar-refractivity contribution < 1.29 is 24.2 Å². The van der Waals surface area contributed by atoms with Gasteiger partial charge < -0.3 is 25.6 Å². The molecule has 0 bridgehead atoms. The standard InChI is InChI=1S/C28H31N5O5S/c1-28(2,36)16-37-20-12-13-22-21(14-30-33(22)15-20)25(35)31-18-8-10-19(11-9-18)38-26-23(24(29)34)39-27(32-26)17-6-4-3-5-7-17/h3-7,12-15,18-19,36H,8-11,16H2,1-2H3,(H2,29,34)(H,31,35). The summed E-state index contributed by atoms with van der Waals surface area (Å²) in [5.41, 5.74) is 6.68. The van der Waals surface area contributed by atoms with Crippen molar-refractivity contribution in [1.82, 2.24) is 19.9 Å². The number of thiazole rings is 1. The van der Waals surface area contributed by atoms with Crippen LogP contribution in [0.1, 0.15) is 59.6 Å². The van der Waals surface area contributed by atoms with Gasteiger partial charge in [0.05, 0.1) is 29.1 Å². The number of rotatable bonds is 9. The molecule has 5 rings (SSSR count).